The Morgan fingerprint density at radius 2 is 2.00 bits per heavy atom. The van der Waals surface area contributed by atoms with Gasteiger partial charge < -0.3 is 28.1 Å². The van der Waals surface area contributed by atoms with Gasteiger partial charge in [-0.2, -0.15) is 0 Å². The number of ketones is 1. The third-order valence-corrected chi connectivity index (χ3v) is 8.81. The minimum atomic E-state index is -1.16. The molecule has 34 heavy (non-hydrogen) atoms. The van der Waals surface area contributed by atoms with Crippen molar-refractivity contribution in [3.63, 3.8) is 0 Å². The van der Waals surface area contributed by atoms with E-state index in [1.165, 1.54) is 13.8 Å². The van der Waals surface area contributed by atoms with Crippen LogP contribution in [0.2, 0.25) is 0 Å². The summed E-state index contributed by atoms with van der Waals surface area (Å²) in [6.07, 6.45) is 4.03. The SMILES string of the molecule is CO[C@@H]1O[C@H](c2ccoc2)C[C@]12[C@H](C)[C@@H](OC(C)=O)C(=O)[C@@]1(COC(C)=O)[C@H]2CCC[C@]12CO2. The van der Waals surface area contributed by atoms with Crippen LogP contribution in [-0.2, 0) is 38.1 Å². The summed E-state index contributed by atoms with van der Waals surface area (Å²) in [4.78, 5) is 38.4. The van der Waals surface area contributed by atoms with Gasteiger partial charge in [0.2, 0.25) is 0 Å². The molecule has 0 radical (unpaired) electrons. The number of rotatable bonds is 5. The summed E-state index contributed by atoms with van der Waals surface area (Å²) in [7, 11) is 1.59. The fourth-order valence-corrected chi connectivity index (χ4v) is 7.30. The molecule has 1 aromatic heterocycles. The summed E-state index contributed by atoms with van der Waals surface area (Å²) >= 11 is 0. The van der Waals surface area contributed by atoms with Gasteiger partial charge in [0.05, 0.1) is 25.2 Å². The Bertz CT molecular complexity index is 967. The molecule has 0 unspecified atom stereocenters. The van der Waals surface area contributed by atoms with Crippen molar-refractivity contribution in [2.45, 2.75) is 70.6 Å². The number of fused-ring (bicyclic) bond motifs is 3. The van der Waals surface area contributed by atoms with Gasteiger partial charge in [0.25, 0.3) is 0 Å². The minimum absolute atomic E-state index is 0.120. The number of epoxide rings is 1. The molecule has 1 aromatic rings. The van der Waals surface area contributed by atoms with Crippen LogP contribution in [0.5, 0.6) is 0 Å². The second kappa shape index (κ2) is 8.17. The number of esters is 2. The van der Waals surface area contributed by atoms with Crippen LogP contribution in [0, 0.1) is 22.7 Å². The average molecular weight is 477 g/mol. The number of furan rings is 1. The maximum Gasteiger partial charge on any atom is 0.303 e. The van der Waals surface area contributed by atoms with Crippen LogP contribution in [-0.4, -0.2) is 56.0 Å². The molecular formula is C25H32O9. The average Bonchev–Trinajstić information content (AvgIpc) is 3.23. The number of carbonyl (C=O) groups excluding carboxylic acids is 3. The summed E-state index contributed by atoms with van der Waals surface area (Å²) in [5, 5.41) is 0. The molecule has 4 fully saturated rings. The fourth-order valence-electron chi connectivity index (χ4n) is 7.30. The lowest BCUT2D eigenvalue weighted by Gasteiger charge is -2.61. The second-order valence-corrected chi connectivity index (χ2v) is 10.2. The highest BCUT2D eigenvalue weighted by molar-refractivity contribution is 5.94. The molecule has 2 saturated carbocycles. The lowest BCUT2D eigenvalue weighted by atomic mass is 9.42. The number of methoxy groups -OCH3 is 1. The summed E-state index contributed by atoms with van der Waals surface area (Å²) in [6.45, 7) is 4.84. The van der Waals surface area contributed by atoms with E-state index >= 15 is 0 Å². The molecule has 0 amide bonds. The zero-order valence-electron chi connectivity index (χ0n) is 20.0. The Morgan fingerprint density at radius 1 is 1.24 bits per heavy atom. The normalized spacial score (nSPS) is 43.1. The van der Waals surface area contributed by atoms with E-state index < -0.39 is 46.7 Å². The van der Waals surface area contributed by atoms with E-state index in [-0.39, 0.29) is 24.4 Å². The predicted octanol–water partition coefficient (Wildman–Crippen LogP) is 2.97. The van der Waals surface area contributed by atoms with E-state index in [0.29, 0.717) is 19.4 Å². The topological polar surface area (TPSA) is 114 Å². The van der Waals surface area contributed by atoms with Crippen molar-refractivity contribution in [1.29, 1.82) is 0 Å². The van der Waals surface area contributed by atoms with Gasteiger partial charge in [-0.3, -0.25) is 14.4 Å². The van der Waals surface area contributed by atoms with E-state index in [9.17, 15) is 14.4 Å². The monoisotopic (exact) mass is 476 g/mol. The molecule has 0 aromatic carbocycles. The van der Waals surface area contributed by atoms with Crippen molar-refractivity contribution in [1.82, 2.24) is 0 Å². The fraction of sp³-hybridized carbons (Fsp3) is 0.720. The van der Waals surface area contributed by atoms with E-state index in [1.54, 1.807) is 19.6 Å². The van der Waals surface area contributed by atoms with E-state index in [2.05, 4.69) is 0 Å². The Kier molecular flexibility index (Phi) is 5.65. The number of Topliss-reactive ketones (excluding diaryl/α,β-unsaturated/α-hetero) is 1. The van der Waals surface area contributed by atoms with Crippen LogP contribution < -0.4 is 0 Å². The van der Waals surface area contributed by atoms with Crippen molar-refractivity contribution < 1.29 is 42.5 Å². The van der Waals surface area contributed by atoms with Crippen LogP contribution >= 0.6 is 0 Å². The zero-order valence-corrected chi connectivity index (χ0v) is 20.0. The quantitative estimate of drug-likeness (QED) is 0.467. The Labute approximate surface area is 198 Å². The van der Waals surface area contributed by atoms with Crippen molar-refractivity contribution in [3.8, 4) is 0 Å². The third-order valence-electron chi connectivity index (χ3n) is 8.81. The number of ether oxygens (including phenoxy) is 5. The van der Waals surface area contributed by atoms with Gasteiger partial charge in [-0.15, -0.1) is 0 Å². The largest absolute Gasteiger partial charge is 0.472 e. The van der Waals surface area contributed by atoms with E-state index in [1.807, 2.05) is 13.0 Å². The van der Waals surface area contributed by atoms with Crippen LogP contribution in [0.15, 0.2) is 23.0 Å². The highest BCUT2D eigenvalue weighted by Gasteiger charge is 2.80. The van der Waals surface area contributed by atoms with Gasteiger partial charge >= 0.3 is 11.9 Å². The molecular weight excluding hydrogens is 444 g/mol. The van der Waals surface area contributed by atoms with Crippen molar-refractivity contribution >= 4 is 17.7 Å². The highest BCUT2D eigenvalue weighted by Crippen LogP contribution is 2.71. The smallest absolute Gasteiger partial charge is 0.303 e. The van der Waals surface area contributed by atoms with Gasteiger partial charge in [-0.25, -0.2) is 0 Å². The first-order valence-corrected chi connectivity index (χ1v) is 11.9. The van der Waals surface area contributed by atoms with Gasteiger partial charge in [0.15, 0.2) is 18.2 Å². The Balaban J connectivity index is 1.68. The first-order chi connectivity index (χ1) is 16.2. The molecule has 2 aliphatic carbocycles. The van der Waals surface area contributed by atoms with Gasteiger partial charge in [-0.05, 0) is 31.2 Å². The Hall–Kier alpha value is -2.23. The molecule has 8 atom stereocenters. The molecule has 5 rings (SSSR count). The highest BCUT2D eigenvalue weighted by atomic mass is 16.7. The predicted molar refractivity (Wildman–Crippen MR) is 115 cm³/mol. The van der Waals surface area contributed by atoms with E-state index in [4.69, 9.17) is 28.1 Å². The minimum Gasteiger partial charge on any atom is -0.472 e. The standard InChI is InChI=1S/C25H32O9/c1-14-20(33-16(3)27)21(28)25(13-31-15(2)26)19(6-5-8-23(25)12-32-23)24(14)10-18(34-22(24)29-4)17-7-9-30-11-17/h7,9,11,14,18-20,22H,5-6,8,10,12-13H2,1-4H3/t14-,18+,19+,20-,22-,23+,24-,25-/m1/s1. The number of carbonyl (C=O) groups is 3. The third kappa shape index (κ3) is 3.13. The van der Waals surface area contributed by atoms with Gasteiger partial charge in [-0.1, -0.05) is 13.3 Å². The molecule has 4 aliphatic rings. The maximum absolute atomic E-state index is 14.3. The molecule has 2 spiro atoms. The van der Waals surface area contributed by atoms with Crippen LogP contribution in [0.1, 0.15) is 58.1 Å². The molecule has 0 N–H and O–H groups in total. The van der Waals surface area contributed by atoms with Crippen LogP contribution in [0.3, 0.4) is 0 Å². The molecule has 2 saturated heterocycles. The molecule has 0 bridgehead atoms. The van der Waals surface area contributed by atoms with Crippen molar-refractivity contribution in [2.75, 3.05) is 20.3 Å². The lowest BCUT2D eigenvalue weighted by Crippen LogP contribution is -2.71. The molecule has 9 heteroatoms. The first-order valence-electron chi connectivity index (χ1n) is 11.9. The van der Waals surface area contributed by atoms with Crippen LogP contribution in [0.25, 0.3) is 0 Å². The summed E-state index contributed by atoms with van der Waals surface area (Å²) < 4.78 is 35.0. The molecule has 2 aliphatic heterocycles. The summed E-state index contributed by atoms with van der Waals surface area (Å²) in [5.74, 6) is -1.89. The zero-order chi connectivity index (χ0) is 24.3. The maximum atomic E-state index is 14.3. The number of hydrogen-bond acceptors (Lipinski definition) is 9. The number of hydrogen-bond donors (Lipinski definition) is 0. The second-order valence-electron chi connectivity index (χ2n) is 10.2. The summed E-state index contributed by atoms with van der Waals surface area (Å²) in [5.41, 5.74) is -1.72. The van der Waals surface area contributed by atoms with E-state index in [0.717, 1.165) is 18.4 Å². The molecule has 9 nitrogen and oxygen atoms in total. The van der Waals surface area contributed by atoms with Crippen molar-refractivity contribution in [3.05, 3.63) is 24.2 Å². The van der Waals surface area contributed by atoms with Gasteiger partial charge in [0.1, 0.15) is 17.6 Å². The van der Waals surface area contributed by atoms with Crippen LogP contribution in [0.4, 0.5) is 0 Å². The van der Waals surface area contributed by atoms with Crippen molar-refractivity contribution in [2.24, 2.45) is 22.7 Å². The molecule has 186 valence electrons. The molecule has 3 heterocycles. The Morgan fingerprint density at radius 3 is 2.59 bits per heavy atom. The first kappa shape index (κ1) is 23.5. The van der Waals surface area contributed by atoms with Gasteiger partial charge in [0, 0.05) is 37.9 Å². The lowest BCUT2D eigenvalue weighted by molar-refractivity contribution is -0.249. The summed E-state index contributed by atoms with van der Waals surface area (Å²) in [6, 6.07) is 1.86.